The Morgan fingerprint density at radius 2 is 0.532 bits per heavy atom. The average molecular weight is 877 g/mol. The van der Waals surface area contributed by atoms with Gasteiger partial charge in [-0.2, -0.15) is 0 Å². The van der Waals surface area contributed by atoms with Gasteiger partial charge in [-0.05, 0) is 25.2 Å². The third kappa shape index (κ3) is 49.4. The summed E-state index contributed by atoms with van der Waals surface area (Å²) in [6, 6.07) is 0. The highest BCUT2D eigenvalue weighted by Gasteiger charge is 2.19. The molecule has 0 fully saturated rings. The molecule has 0 amide bonds. The first-order valence-electron chi connectivity index (χ1n) is 27.9. The quantitative estimate of drug-likeness (QED) is 0.0344. The molecule has 0 aliphatic heterocycles. The van der Waals surface area contributed by atoms with Gasteiger partial charge in [-0.3, -0.25) is 14.4 Å². The van der Waals surface area contributed by atoms with Gasteiger partial charge in [0.25, 0.3) is 0 Å². The summed E-state index contributed by atoms with van der Waals surface area (Å²) in [6.45, 7) is 8.98. The molecule has 6 nitrogen and oxygen atoms in total. The van der Waals surface area contributed by atoms with Crippen LogP contribution in [0.3, 0.4) is 0 Å². The molecule has 62 heavy (non-hydrogen) atoms. The van der Waals surface area contributed by atoms with Crippen LogP contribution < -0.4 is 0 Å². The molecule has 0 aromatic rings. The molecule has 0 aliphatic rings. The highest BCUT2D eigenvalue weighted by molar-refractivity contribution is 5.71. The molecule has 0 heterocycles. The summed E-state index contributed by atoms with van der Waals surface area (Å²) in [6.07, 6.45) is 54.0. The minimum absolute atomic E-state index is 0.0632. The van der Waals surface area contributed by atoms with Crippen molar-refractivity contribution in [1.82, 2.24) is 0 Å². The third-order valence-corrected chi connectivity index (χ3v) is 12.8. The Morgan fingerprint density at radius 1 is 0.306 bits per heavy atom. The number of rotatable bonds is 51. The molecule has 0 spiro atoms. The smallest absolute Gasteiger partial charge is 0.306 e. The normalized spacial score (nSPS) is 12.0. The van der Waals surface area contributed by atoms with Crippen LogP contribution in [0.25, 0.3) is 0 Å². The van der Waals surface area contributed by atoms with Crippen LogP contribution in [0.15, 0.2) is 0 Å². The van der Waals surface area contributed by atoms with Gasteiger partial charge in [0.05, 0.1) is 0 Å². The topological polar surface area (TPSA) is 78.9 Å². The second-order valence-electron chi connectivity index (χ2n) is 19.7. The number of ether oxygens (including phenoxy) is 3. The molecule has 368 valence electrons. The van der Waals surface area contributed by atoms with Crippen molar-refractivity contribution < 1.29 is 28.6 Å². The summed E-state index contributed by atoms with van der Waals surface area (Å²) >= 11 is 0. The monoisotopic (exact) mass is 877 g/mol. The molecule has 0 aromatic heterocycles. The predicted molar refractivity (Wildman–Crippen MR) is 266 cm³/mol. The van der Waals surface area contributed by atoms with E-state index in [-0.39, 0.29) is 31.1 Å². The first-order chi connectivity index (χ1) is 30.4. The number of carbonyl (C=O) groups excluding carboxylic acids is 3. The molecule has 0 aliphatic carbocycles. The number of unbranched alkanes of at least 4 members (excludes halogenated alkanes) is 38. The van der Waals surface area contributed by atoms with Gasteiger partial charge in [-0.25, -0.2) is 0 Å². The number of esters is 3. The van der Waals surface area contributed by atoms with Crippen molar-refractivity contribution >= 4 is 17.9 Å². The lowest BCUT2D eigenvalue weighted by atomic mass is 10.0. The van der Waals surface area contributed by atoms with Crippen molar-refractivity contribution in [1.29, 1.82) is 0 Å². The molecular weight excluding hydrogens is 769 g/mol. The van der Waals surface area contributed by atoms with Crippen LogP contribution in [0.2, 0.25) is 0 Å². The molecule has 0 radical (unpaired) electrons. The maximum atomic E-state index is 12.8. The fourth-order valence-electron chi connectivity index (χ4n) is 8.57. The maximum Gasteiger partial charge on any atom is 0.306 e. The van der Waals surface area contributed by atoms with E-state index < -0.39 is 6.10 Å². The highest BCUT2D eigenvalue weighted by Crippen LogP contribution is 2.18. The molecule has 0 saturated carbocycles. The Hall–Kier alpha value is -1.59. The van der Waals surface area contributed by atoms with Crippen molar-refractivity contribution in [2.24, 2.45) is 5.92 Å². The minimum Gasteiger partial charge on any atom is -0.462 e. The molecule has 0 N–H and O–H groups in total. The molecule has 0 aromatic carbocycles. The van der Waals surface area contributed by atoms with Crippen molar-refractivity contribution in [3.63, 3.8) is 0 Å². The van der Waals surface area contributed by atoms with Crippen LogP contribution >= 0.6 is 0 Å². The minimum atomic E-state index is -0.762. The first kappa shape index (κ1) is 60.4. The van der Waals surface area contributed by atoms with Crippen LogP contribution in [-0.4, -0.2) is 37.2 Å². The van der Waals surface area contributed by atoms with Gasteiger partial charge in [0, 0.05) is 19.3 Å². The van der Waals surface area contributed by atoms with Gasteiger partial charge in [-0.15, -0.1) is 0 Å². The molecular formula is C56H108O6. The van der Waals surface area contributed by atoms with Crippen molar-refractivity contribution in [3.05, 3.63) is 0 Å². The summed E-state index contributed by atoms with van der Waals surface area (Å²) < 4.78 is 16.8. The Balaban J connectivity index is 4.21. The van der Waals surface area contributed by atoms with Crippen molar-refractivity contribution in [2.75, 3.05) is 13.2 Å². The Labute approximate surface area is 387 Å². The fourth-order valence-corrected chi connectivity index (χ4v) is 8.57. The van der Waals surface area contributed by atoms with Crippen LogP contribution in [0.1, 0.15) is 317 Å². The van der Waals surface area contributed by atoms with Crippen LogP contribution in [0.5, 0.6) is 0 Å². The zero-order valence-electron chi connectivity index (χ0n) is 42.3. The van der Waals surface area contributed by atoms with Gasteiger partial charge in [0.1, 0.15) is 13.2 Å². The molecule has 0 unspecified atom stereocenters. The van der Waals surface area contributed by atoms with Gasteiger partial charge in [-0.1, -0.05) is 278 Å². The van der Waals surface area contributed by atoms with Crippen molar-refractivity contribution in [2.45, 2.75) is 323 Å². The largest absolute Gasteiger partial charge is 0.462 e. The van der Waals surface area contributed by atoms with Crippen molar-refractivity contribution in [3.8, 4) is 0 Å². The Kier molecular flexibility index (Phi) is 49.1. The van der Waals surface area contributed by atoms with E-state index in [1.807, 2.05) is 0 Å². The summed E-state index contributed by atoms with van der Waals surface area (Å²) in [5, 5.41) is 0. The highest BCUT2D eigenvalue weighted by atomic mass is 16.6. The summed E-state index contributed by atoms with van der Waals surface area (Å²) in [7, 11) is 0. The van der Waals surface area contributed by atoms with E-state index in [0.29, 0.717) is 19.3 Å². The van der Waals surface area contributed by atoms with E-state index in [9.17, 15) is 14.4 Å². The Bertz CT molecular complexity index is 933. The summed E-state index contributed by atoms with van der Waals surface area (Å²) in [5.74, 6) is -0.0816. The lowest BCUT2D eigenvalue weighted by Gasteiger charge is -2.18. The summed E-state index contributed by atoms with van der Waals surface area (Å²) in [5.41, 5.74) is 0. The van der Waals surface area contributed by atoms with E-state index in [0.717, 1.165) is 63.7 Å². The van der Waals surface area contributed by atoms with E-state index >= 15 is 0 Å². The predicted octanol–water partition coefficient (Wildman–Crippen LogP) is 18.2. The molecule has 0 rings (SSSR count). The van der Waals surface area contributed by atoms with Gasteiger partial charge < -0.3 is 14.2 Å². The molecule has 0 saturated heterocycles. The second kappa shape index (κ2) is 50.4. The molecule has 6 heteroatoms. The van der Waals surface area contributed by atoms with E-state index in [4.69, 9.17) is 14.2 Å². The molecule has 1 atom stereocenters. The molecule has 0 bridgehead atoms. The lowest BCUT2D eigenvalue weighted by molar-refractivity contribution is -0.167. The maximum absolute atomic E-state index is 12.8. The first-order valence-corrected chi connectivity index (χ1v) is 27.9. The average Bonchev–Trinajstić information content (AvgIpc) is 3.26. The lowest BCUT2D eigenvalue weighted by Crippen LogP contribution is -2.30. The zero-order valence-corrected chi connectivity index (χ0v) is 42.3. The summed E-state index contributed by atoms with van der Waals surface area (Å²) in [4.78, 5) is 38.0. The van der Waals surface area contributed by atoms with E-state index in [1.54, 1.807) is 0 Å². The second-order valence-corrected chi connectivity index (χ2v) is 19.7. The number of hydrogen-bond acceptors (Lipinski definition) is 6. The SMILES string of the molecule is CCCCCCCCCCCCCCCCCCCCCC(=O)OC[C@H](COC(=O)CCCCCCCCC(C)C)OC(=O)CCCCCCCCCCCCCCCCCC. The van der Waals surface area contributed by atoms with Crippen LogP contribution in [0, 0.1) is 5.92 Å². The number of carbonyl (C=O) groups is 3. The van der Waals surface area contributed by atoms with Gasteiger partial charge in [0.15, 0.2) is 6.10 Å². The number of hydrogen-bond donors (Lipinski definition) is 0. The van der Waals surface area contributed by atoms with E-state index in [2.05, 4.69) is 27.7 Å². The Morgan fingerprint density at radius 3 is 0.790 bits per heavy atom. The van der Waals surface area contributed by atoms with Gasteiger partial charge in [0.2, 0.25) is 0 Å². The fraction of sp³-hybridized carbons (Fsp3) is 0.946. The van der Waals surface area contributed by atoms with Gasteiger partial charge >= 0.3 is 17.9 Å². The third-order valence-electron chi connectivity index (χ3n) is 12.8. The standard InChI is InChI=1S/C56H108O6/c1-5-7-9-11-13-15-17-19-21-23-24-25-27-28-30-32-34-39-43-47-54(57)60-50-53(51-61-55(58)48-44-40-37-36-38-42-46-52(3)4)62-56(59)49-45-41-35-33-31-29-26-22-20-18-16-14-12-10-8-6-2/h52-53H,5-51H2,1-4H3/t53-/m1/s1. The van der Waals surface area contributed by atoms with Crippen LogP contribution in [-0.2, 0) is 28.6 Å². The van der Waals surface area contributed by atoms with Crippen LogP contribution in [0.4, 0.5) is 0 Å². The zero-order chi connectivity index (χ0) is 45.2. The van der Waals surface area contributed by atoms with E-state index in [1.165, 1.54) is 212 Å².